The lowest BCUT2D eigenvalue weighted by atomic mass is 9.92. The molecule has 5 rings (SSSR count). The van der Waals surface area contributed by atoms with Crippen LogP contribution in [-0.2, 0) is 0 Å². The Bertz CT molecular complexity index is 674. The molecule has 3 atom stereocenters. The Labute approximate surface area is 162 Å². The van der Waals surface area contributed by atoms with Crippen molar-refractivity contribution in [2.45, 2.75) is 31.7 Å². The first-order chi connectivity index (χ1) is 13.3. The maximum Gasteiger partial charge on any atom is 0.146 e. The molecule has 1 aromatic carbocycles. The van der Waals surface area contributed by atoms with E-state index in [-0.39, 0.29) is 5.82 Å². The highest BCUT2D eigenvalue weighted by atomic mass is 19.1. The molecule has 2 aliphatic heterocycles. The van der Waals surface area contributed by atoms with Crippen LogP contribution in [0.25, 0.3) is 0 Å². The minimum absolute atomic E-state index is 0.0882. The molecule has 1 aromatic rings. The van der Waals surface area contributed by atoms with Gasteiger partial charge in [0.2, 0.25) is 0 Å². The van der Waals surface area contributed by atoms with Crippen molar-refractivity contribution in [3.63, 3.8) is 0 Å². The Morgan fingerprint density at radius 3 is 2.33 bits per heavy atom. The highest BCUT2D eigenvalue weighted by Gasteiger charge is 2.37. The number of allylic oxidation sites excluding steroid dienone is 2. The van der Waals surface area contributed by atoms with Gasteiger partial charge in [-0.15, -0.1) is 0 Å². The highest BCUT2D eigenvalue weighted by Crippen LogP contribution is 2.43. The van der Waals surface area contributed by atoms with Crippen LogP contribution in [0, 0.1) is 23.6 Å². The molecule has 146 valence electrons. The van der Waals surface area contributed by atoms with E-state index in [1.165, 1.54) is 45.3 Å². The number of halogens is 1. The fraction of sp³-hybridized carbons (Fsp3) is 0.652. The molecule has 3 fully saturated rings. The van der Waals surface area contributed by atoms with Gasteiger partial charge in [-0.3, -0.25) is 4.90 Å². The predicted molar refractivity (Wildman–Crippen MR) is 108 cm³/mol. The molecular formula is C23H32FN3. The summed E-state index contributed by atoms with van der Waals surface area (Å²) in [4.78, 5) is 7.60. The molecule has 0 aromatic heterocycles. The fourth-order valence-electron chi connectivity index (χ4n) is 5.94. The number of fused-ring (bicyclic) bond motifs is 2. The van der Waals surface area contributed by atoms with Crippen molar-refractivity contribution in [1.29, 1.82) is 0 Å². The van der Waals surface area contributed by atoms with Gasteiger partial charge in [-0.25, -0.2) is 4.39 Å². The van der Waals surface area contributed by atoms with Crippen molar-refractivity contribution in [1.82, 2.24) is 9.80 Å². The molecule has 0 radical (unpaired) electrons. The Balaban J connectivity index is 1.08. The van der Waals surface area contributed by atoms with E-state index in [0.29, 0.717) is 0 Å². The molecule has 4 heteroatoms. The van der Waals surface area contributed by atoms with Gasteiger partial charge in [-0.05, 0) is 68.7 Å². The highest BCUT2D eigenvalue weighted by molar-refractivity contribution is 5.48. The topological polar surface area (TPSA) is 9.72 Å². The van der Waals surface area contributed by atoms with Gasteiger partial charge in [0, 0.05) is 38.8 Å². The molecule has 0 unspecified atom stereocenters. The van der Waals surface area contributed by atoms with Crippen LogP contribution in [0.3, 0.4) is 0 Å². The number of piperazine rings is 1. The van der Waals surface area contributed by atoms with E-state index in [1.807, 2.05) is 12.1 Å². The van der Waals surface area contributed by atoms with E-state index >= 15 is 0 Å². The normalized spacial score (nSPS) is 32.5. The van der Waals surface area contributed by atoms with Crippen molar-refractivity contribution in [3.8, 4) is 0 Å². The molecule has 4 aliphatic rings. The summed E-state index contributed by atoms with van der Waals surface area (Å²) < 4.78 is 14.0. The maximum absolute atomic E-state index is 14.0. The predicted octanol–water partition coefficient (Wildman–Crippen LogP) is 3.62. The number of para-hydroxylation sites is 1. The summed E-state index contributed by atoms with van der Waals surface area (Å²) in [5.41, 5.74) is 0.770. The zero-order chi connectivity index (χ0) is 18.2. The average Bonchev–Trinajstić information content (AvgIpc) is 3.32. The van der Waals surface area contributed by atoms with Crippen LogP contribution in [0.2, 0.25) is 0 Å². The summed E-state index contributed by atoms with van der Waals surface area (Å²) in [5, 5.41) is 0. The SMILES string of the molecule is Fc1ccccc1N1CCN(C2CCN(C[C@H]3C[C@H]4C=C[C@H]3C4)CC2)CC1. The van der Waals surface area contributed by atoms with Gasteiger partial charge < -0.3 is 9.80 Å². The standard InChI is InChI=1S/C23H32FN3/c24-22-3-1-2-4-23(22)27-13-11-26(12-14-27)21-7-9-25(10-8-21)17-20-16-18-5-6-19(20)15-18/h1-6,18-21H,7-17H2/t18-,19-,20+/m0/s1. The van der Waals surface area contributed by atoms with Crippen LogP contribution in [0.5, 0.6) is 0 Å². The molecule has 0 spiro atoms. The van der Waals surface area contributed by atoms with Crippen LogP contribution in [0.15, 0.2) is 36.4 Å². The number of nitrogens with zero attached hydrogens (tertiary/aromatic N) is 3. The number of anilines is 1. The van der Waals surface area contributed by atoms with Gasteiger partial charge in [-0.1, -0.05) is 24.3 Å². The van der Waals surface area contributed by atoms with Crippen LogP contribution in [0.4, 0.5) is 10.1 Å². The second-order valence-electron chi connectivity index (χ2n) is 9.05. The van der Waals surface area contributed by atoms with Gasteiger partial charge in [0.25, 0.3) is 0 Å². The van der Waals surface area contributed by atoms with E-state index < -0.39 is 0 Å². The summed E-state index contributed by atoms with van der Waals surface area (Å²) in [7, 11) is 0. The number of rotatable bonds is 4. The quantitative estimate of drug-likeness (QED) is 0.751. The third-order valence-corrected chi connectivity index (χ3v) is 7.49. The molecule has 1 saturated carbocycles. The Kier molecular flexibility index (Phi) is 4.95. The van der Waals surface area contributed by atoms with E-state index in [4.69, 9.17) is 0 Å². The molecule has 0 N–H and O–H groups in total. The molecule has 27 heavy (non-hydrogen) atoms. The molecule has 2 saturated heterocycles. The van der Waals surface area contributed by atoms with Gasteiger partial charge in [0.05, 0.1) is 5.69 Å². The van der Waals surface area contributed by atoms with Gasteiger partial charge in [-0.2, -0.15) is 0 Å². The molecule has 3 nitrogen and oxygen atoms in total. The largest absolute Gasteiger partial charge is 0.367 e. The second kappa shape index (κ2) is 7.56. The van der Waals surface area contributed by atoms with Gasteiger partial charge in [0.1, 0.15) is 5.82 Å². The first-order valence-corrected chi connectivity index (χ1v) is 10.9. The summed E-state index contributed by atoms with van der Waals surface area (Å²) in [6.45, 7) is 7.86. The zero-order valence-corrected chi connectivity index (χ0v) is 16.3. The van der Waals surface area contributed by atoms with E-state index in [1.54, 1.807) is 12.1 Å². The molecular weight excluding hydrogens is 337 g/mol. The molecule has 2 aliphatic carbocycles. The fourth-order valence-corrected chi connectivity index (χ4v) is 5.94. The van der Waals surface area contributed by atoms with Crippen LogP contribution >= 0.6 is 0 Å². The second-order valence-corrected chi connectivity index (χ2v) is 9.05. The Morgan fingerprint density at radius 2 is 1.67 bits per heavy atom. The first kappa shape index (κ1) is 17.7. The molecule has 2 heterocycles. The van der Waals surface area contributed by atoms with E-state index in [2.05, 4.69) is 26.9 Å². The monoisotopic (exact) mass is 369 g/mol. The average molecular weight is 370 g/mol. The van der Waals surface area contributed by atoms with Crippen molar-refractivity contribution in [2.75, 3.05) is 50.7 Å². The van der Waals surface area contributed by atoms with Crippen molar-refractivity contribution in [2.24, 2.45) is 17.8 Å². The number of piperidine rings is 1. The summed E-state index contributed by atoms with van der Waals surface area (Å²) in [6.07, 6.45) is 10.4. The van der Waals surface area contributed by atoms with Crippen molar-refractivity contribution >= 4 is 5.69 Å². The number of hydrogen-bond donors (Lipinski definition) is 0. The maximum atomic E-state index is 14.0. The van der Waals surface area contributed by atoms with Crippen LogP contribution in [0.1, 0.15) is 25.7 Å². The van der Waals surface area contributed by atoms with E-state index in [0.717, 1.165) is 55.7 Å². The summed E-state index contributed by atoms with van der Waals surface area (Å²) >= 11 is 0. The van der Waals surface area contributed by atoms with Crippen molar-refractivity contribution in [3.05, 3.63) is 42.2 Å². The Hall–Kier alpha value is -1.39. The number of hydrogen-bond acceptors (Lipinski definition) is 3. The minimum atomic E-state index is -0.0882. The number of benzene rings is 1. The van der Waals surface area contributed by atoms with Gasteiger partial charge in [0.15, 0.2) is 0 Å². The minimum Gasteiger partial charge on any atom is -0.367 e. The van der Waals surface area contributed by atoms with Crippen molar-refractivity contribution < 1.29 is 4.39 Å². The lowest BCUT2D eigenvalue weighted by Crippen LogP contribution is -2.53. The molecule has 2 bridgehead atoms. The zero-order valence-electron chi connectivity index (χ0n) is 16.3. The smallest absolute Gasteiger partial charge is 0.146 e. The molecule has 0 amide bonds. The van der Waals surface area contributed by atoms with E-state index in [9.17, 15) is 4.39 Å². The van der Waals surface area contributed by atoms with Gasteiger partial charge >= 0.3 is 0 Å². The lowest BCUT2D eigenvalue weighted by Gasteiger charge is -2.44. The summed E-state index contributed by atoms with van der Waals surface area (Å²) in [6, 6.07) is 7.92. The first-order valence-electron chi connectivity index (χ1n) is 10.9. The third kappa shape index (κ3) is 3.66. The third-order valence-electron chi connectivity index (χ3n) is 7.49. The number of likely N-dealkylation sites (tertiary alicyclic amines) is 1. The lowest BCUT2D eigenvalue weighted by molar-refractivity contribution is 0.0918. The van der Waals surface area contributed by atoms with Crippen LogP contribution in [-0.4, -0.2) is 61.7 Å². The van der Waals surface area contributed by atoms with Crippen LogP contribution < -0.4 is 4.90 Å². The Morgan fingerprint density at radius 1 is 0.889 bits per heavy atom. The summed E-state index contributed by atoms with van der Waals surface area (Å²) in [5.74, 6) is 2.60.